The van der Waals surface area contributed by atoms with Crippen LogP contribution in [-0.2, 0) is 16.4 Å². The topological polar surface area (TPSA) is 64.6 Å². The Hall–Kier alpha value is -1.27. The summed E-state index contributed by atoms with van der Waals surface area (Å²) in [5.41, 5.74) is 1.07. The molecule has 6 heteroatoms. The first-order valence-corrected chi connectivity index (χ1v) is 9.27. The zero-order valence-electron chi connectivity index (χ0n) is 12.0. The van der Waals surface area contributed by atoms with Crippen LogP contribution < -0.4 is 14.8 Å². The van der Waals surface area contributed by atoms with E-state index in [0.717, 1.165) is 23.5 Å². The van der Waals surface area contributed by atoms with Crippen LogP contribution in [-0.4, -0.2) is 39.2 Å². The molecule has 0 amide bonds. The van der Waals surface area contributed by atoms with Crippen LogP contribution in [0, 0.1) is 0 Å². The van der Waals surface area contributed by atoms with Crippen molar-refractivity contribution >= 4 is 9.84 Å². The number of hydrogen-bond donors (Lipinski definition) is 1. The van der Waals surface area contributed by atoms with E-state index in [1.807, 2.05) is 18.2 Å². The van der Waals surface area contributed by atoms with Crippen LogP contribution in [0.2, 0.25) is 0 Å². The Balaban J connectivity index is 1.63. The van der Waals surface area contributed by atoms with Crippen LogP contribution in [0.25, 0.3) is 0 Å². The van der Waals surface area contributed by atoms with E-state index in [-0.39, 0.29) is 17.5 Å². The molecule has 116 valence electrons. The second-order valence-corrected chi connectivity index (χ2v) is 7.91. The van der Waals surface area contributed by atoms with Gasteiger partial charge in [-0.25, -0.2) is 8.42 Å². The molecule has 2 aliphatic heterocycles. The van der Waals surface area contributed by atoms with Gasteiger partial charge < -0.3 is 14.8 Å². The number of ether oxygens (including phenoxy) is 2. The van der Waals surface area contributed by atoms with Gasteiger partial charge >= 0.3 is 0 Å². The molecular formula is C15H21NO4S. The molecule has 1 saturated heterocycles. The first kappa shape index (κ1) is 14.7. The molecule has 3 rings (SSSR count). The van der Waals surface area contributed by atoms with Crippen LogP contribution >= 0.6 is 0 Å². The maximum Gasteiger partial charge on any atom is 0.165 e. The number of para-hydroxylation sites is 1. The number of benzene rings is 1. The molecule has 0 atom stereocenters. The van der Waals surface area contributed by atoms with Crippen molar-refractivity contribution in [3.8, 4) is 11.5 Å². The van der Waals surface area contributed by atoms with E-state index in [2.05, 4.69) is 5.32 Å². The van der Waals surface area contributed by atoms with Crippen molar-refractivity contribution in [1.29, 1.82) is 0 Å². The second kappa shape index (κ2) is 6.23. The summed E-state index contributed by atoms with van der Waals surface area (Å²) < 4.78 is 34.3. The van der Waals surface area contributed by atoms with Crippen molar-refractivity contribution in [2.24, 2.45) is 0 Å². The fourth-order valence-corrected chi connectivity index (χ4v) is 4.23. The molecule has 0 aromatic heterocycles. The molecule has 2 heterocycles. The number of fused-ring (bicyclic) bond motifs is 1. The monoisotopic (exact) mass is 311 g/mol. The minimum atomic E-state index is -2.80. The van der Waals surface area contributed by atoms with E-state index in [0.29, 0.717) is 32.6 Å². The summed E-state index contributed by atoms with van der Waals surface area (Å²) in [5, 5.41) is 3.45. The smallest absolute Gasteiger partial charge is 0.165 e. The van der Waals surface area contributed by atoms with Gasteiger partial charge in [0.2, 0.25) is 0 Å². The van der Waals surface area contributed by atoms with Crippen molar-refractivity contribution in [2.75, 3.05) is 24.7 Å². The van der Waals surface area contributed by atoms with Gasteiger partial charge in [0.1, 0.15) is 9.84 Å². The van der Waals surface area contributed by atoms with Crippen LogP contribution in [0.3, 0.4) is 0 Å². The molecule has 0 spiro atoms. The number of hydrogen-bond acceptors (Lipinski definition) is 5. The summed E-state index contributed by atoms with van der Waals surface area (Å²) in [5.74, 6) is 2.21. The highest BCUT2D eigenvalue weighted by molar-refractivity contribution is 7.91. The van der Waals surface area contributed by atoms with Crippen LogP contribution in [0.1, 0.15) is 24.8 Å². The largest absolute Gasteiger partial charge is 0.490 e. The second-order valence-electron chi connectivity index (χ2n) is 5.60. The van der Waals surface area contributed by atoms with Gasteiger partial charge in [-0.1, -0.05) is 12.1 Å². The molecule has 0 saturated carbocycles. The third-order valence-corrected chi connectivity index (χ3v) is 5.70. The summed E-state index contributed by atoms with van der Waals surface area (Å²) >= 11 is 0. The van der Waals surface area contributed by atoms with E-state index in [1.165, 1.54) is 0 Å². The Morgan fingerprint density at radius 3 is 2.71 bits per heavy atom. The highest BCUT2D eigenvalue weighted by Gasteiger charge is 2.23. The molecule has 1 fully saturated rings. The fourth-order valence-electron chi connectivity index (χ4n) is 2.74. The fraction of sp³-hybridized carbons (Fsp3) is 0.600. The Morgan fingerprint density at radius 2 is 1.90 bits per heavy atom. The standard InChI is InChI=1S/C15H21NO4S/c17-21(18)9-5-13(6-10-21)16-11-12-3-1-4-14-15(12)20-8-2-7-19-14/h1,3-4,13,16H,2,5-11H2. The molecule has 0 radical (unpaired) electrons. The maximum absolute atomic E-state index is 11.4. The van der Waals surface area contributed by atoms with Crippen molar-refractivity contribution in [3.05, 3.63) is 23.8 Å². The maximum atomic E-state index is 11.4. The molecular weight excluding hydrogens is 290 g/mol. The third-order valence-electron chi connectivity index (χ3n) is 3.99. The number of rotatable bonds is 3. The Bertz CT molecular complexity index is 586. The van der Waals surface area contributed by atoms with Gasteiger partial charge in [0.25, 0.3) is 0 Å². The molecule has 5 nitrogen and oxygen atoms in total. The first-order valence-electron chi connectivity index (χ1n) is 7.45. The highest BCUT2D eigenvalue weighted by Crippen LogP contribution is 2.33. The zero-order valence-corrected chi connectivity index (χ0v) is 12.8. The number of sulfone groups is 1. The van der Waals surface area contributed by atoms with Gasteiger partial charge in [0, 0.05) is 24.6 Å². The molecule has 1 aromatic rings. The summed E-state index contributed by atoms with van der Waals surface area (Å²) in [6, 6.07) is 6.18. The van der Waals surface area contributed by atoms with Gasteiger partial charge in [-0.2, -0.15) is 0 Å². The van der Waals surface area contributed by atoms with E-state index in [4.69, 9.17) is 9.47 Å². The van der Waals surface area contributed by atoms with E-state index in [1.54, 1.807) is 0 Å². The normalized spacial score (nSPS) is 21.7. The average Bonchev–Trinajstić information content (AvgIpc) is 2.72. The summed E-state index contributed by atoms with van der Waals surface area (Å²) in [6.45, 7) is 2.04. The lowest BCUT2D eigenvalue weighted by Gasteiger charge is -2.23. The van der Waals surface area contributed by atoms with Crippen molar-refractivity contribution in [1.82, 2.24) is 5.32 Å². The lowest BCUT2D eigenvalue weighted by atomic mass is 10.1. The molecule has 0 aliphatic carbocycles. The Kier molecular flexibility index (Phi) is 4.35. The average molecular weight is 311 g/mol. The molecule has 1 aromatic carbocycles. The SMILES string of the molecule is O=S1(=O)CCC(NCc2cccc3c2OCCCO3)CC1. The minimum absolute atomic E-state index is 0.260. The predicted octanol–water partition coefficient (Wildman–Crippen LogP) is 1.51. The van der Waals surface area contributed by atoms with Gasteiger partial charge in [-0.05, 0) is 18.9 Å². The lowest BCUT2D eigenvalue weighted by Crippen LogP contribution is -2.37. The lowest BCUT2D eigenvalue weighted by molar-refractivity contribution is 0.295. The number of nitrogens with one attached hydrogen (secondary N) is 1. The van der Waals surface area contributed by atoms with Crippen molar-refractivity contribution < 1.29 is 17.9 Å². The summed E-state index contributed by atoms with van der Waals surface area (Å²) in [6.07, 6.45) is 2.27. The van der Waals surface area contributed by atoms with Crippen LogP contribution in [0.15, 0.2) is 18.2 Å². The van der Waals surface area contributed by atoms with E-state index < -0.39 is 9.84 Å². The summed E-state index contributed by atoms with van der Waals surface area (Å²) in [7, 11) is -2.80. The summed E-state index contributed by atoms with van der Waals surface area (Å²) in [4.78, 5) is 0. The highest BCUT2D eigenvalue weighted by atomic mass is 32.2. The van der Waals surface area contributed by atoms with Crippen LogP contribution in [0.5, 0.6) is 11.5 Å². The van der Waals surface area contributed by atoms with Gasteiger partial charge in [-0.3, -0.25) is 0 Å². The quantitative estimate of drug-likeness (QED) is 0.917. The molecule has 2 aliphatic rings. The molecule has 0 unspecified atom stereocenters. The molecule has 1 N–H and O–H groups in total. The van der Waals surface area contributed by atoms with Gasteiger partial charge in [0.05, 0.1) is 24.7 Å². The van der Waals surface area contributed by atoms with Crippen molar-refractivity contribution in [2.45, 2.75) is 31.8 Å². The van der Waals surface area contributed by atoms with E-state index >= 15 is 0 Å². The Labute approximate surface area is 125 Å². The molecule has 0 bridgehead atoms. The predicted molar refractivity (Wildman–Crippen MR) is 80.6 cm³/mol. The zero-order chi connectivity index (χ0) is 14.7. The van der Waals surface area contributed by atoms with Crippen LogP contribution in [0.4, 0.5) is 0 Å². The Morgan fingerprint density at radius 1 is 1.14 bits per heavy atom. The van der Waals surface area contributed by atoms with Gasteiger partial charge in [0.15, 0.2) is 11.5 Å². The third kappa shape index (κ3) is 3.68. The van der Waals surface area contributed by atoms with Gasteiger partial charge in [-0.15, -0.1) is 0 Å². The van der Waals surface area contributed by atoms with Crippen molar-refractivity contribution in [3.63, 3.8) is 0 Å². The molecule has 21 heavy (non-hydrogen) atoms. The first-order chi connectivity index (χ1) is 10.1. The van der Waals surface area contributed by atoms with E-state index in [9.17, 15) is 8.42 Å². The minimum Gasteiger partial charge on any atom is -0.490 e.